The Bertz CT molecular complexity index is 354. The molecule has 0 spiro atoms. The van der Waals surface area contributed by atoms with Crippen molar-refractivity contribution in [1.82, 2.24) is 0 Å². The number of hydrogen-bond acceptors (Lipinski definition) is 1. The summed E-state index contributed by atoms with van der Waals surface area (Å²) in [4.78, 5) is 0. The average Bonchev–Trinajstić information content (AvgIpc) is 2.21. The fraction of sp³-hybridized carbons (Fsp3) is 0.385. The standard InChI is InChI=1S/C13H16ClFO/c1-3-4-8-13(2,16)9-10-11(14)6-5-7-12(10)15/h3,5-7,16H,1,4,8-9H2,2H3. The molecule has 1 aromatic carbocycles. The first-order valence-electron chi connectivity index (χ1n) is 5.22. The highest BCUT2D eigenvalue weighted by Crippen LogP contribution is 2.26. The van der Waals surface area contributed by atoms with Gasteiger partial charge in [-0.1, -0.05) is 23.7 Å². The molecule has 1 N–H and O–H groups in total. The lowest BCUT2D eigenvalue weighted by Crippen LogP contribution is -2.27. The molecule has 1 nitrogen and oxygen atoms in total. The van der Waals surface area contributed by atoms with E-state index in [1.165, 1.54) is 6.07 Å². The summed E-state index contributed by atoms with van der Waals surface area (Å²) >= 11 is 5.90. The highest BCUT2D eigenvalue weighted by molar-refractivity contribution is 6.31. The van der Waals surface area contributed by atoms with Crippen LogP contribution in [0.2, 0.25) is 5.02 Å². The fourth-order valence-electron chi connectivity index (χ4n) is 1.58. The molecule has 1 rings (SSSR count). The molecule has 0 aromatic heterocycles. The maximum atomic E-state index is 13.5. The van der Waals surface area contributed by atoms with Gasteiger partial charge < -0.3 is 5.11 Å². The molecule has 0 bridgehead atoms. The summed E-state index contributed by atoms with van der Waals surface area (Å²) in [6.45, 7) is 5.27. The largest absolute Gasteiger partial charge is 0.390 e. The zero-order chi connectivity index (χ0) is 12.2. The maximum absolute atomic E-state index is 13.5. The Balaban J connectivity index is 2.82. The Morgan fingerprint density at radius 1 is 1.56 bits per heavy atom. The van der Waals surface area contributed by atoms with E-state index in [0.717, 1.165) is 0 Å². The minimum atomic E-state index is -0.958. The first kappa shape index (κ1) is 13.2. The molecule has 0 aliphatic rings. The fourth-order valence-corrected chi connectivity index (χ4v) is 1.81. The molecular weight excluding hydrogens is 227 g/mol. The third-order valence-corrected chi connectivity index (χ3v) is 2.86. The van der Waals surface area contributed by atoms with Gasteiger partial charge in [0.05, 0.1) is 5.60 Å². The summed E-state index contributed by atoms with van der Waals surface area (Å²) in [7, 11) is 0. The number of benzene rings is 1. The third kappa shape index (κ3) is 3.62. The number of aliphatic hydroxyl groups is 1. The summed E-state index contributed by atoms with van der Waals surface area (Å²) in [6.07, 6.45) is 3.18. The quantitative estimate of drug-likeness (QED) is 0.780. The molecule has 16 heavy (non-hydrogen) atoms. The molecule has 0 aliphatic heterocycles. The minimum absolute atomic E-state index is 0.215. The van der Waals surface area contributed by atoms with Gasteiger partial charge in [0.2, 0.25) is 0 Å². The van der Waals surface area contributed by atoms with Crippen LogP contribution in [-0.4, -0.2) is 10.7 Å². The van der Waals surface area contributed by atoms with Gasteiger partial charge in [0.1, 0.15) is 5.82 Å². The van der Waals surface area contributed by atoms with Crippen molar-refractivity contribution in [3.63, 3.8) is 0 Å². The van der Waals surface area contributed by atoms with Crippen molar-refractivity contribution < 1.29 is 9.50 Å². The van der Waals surface area contributed by atoms with Crippen molar-refractivity contribution >= 4 is 11.6 Å². The van der Waals surface area contributed by atoms with Crippen LogP contribution in [0.25, 0.3) is 0 Å². The minimum Gasteiger partial charge on any atom is -0.390 e. The van der Waals surface area contributed by atoms with Gasteiger partial charge in [-0.3, -0.25) is 0 Å². The molecule has 1 aromatic rings. The molecule has 0 saturated heterocycles. The summed E-state index contributed by atoms with van der Waals surface area (Å²) in [5, 5.41) is 10.4. The van der Waals surface area contributed by atoms with E-state index in [9.17, 15) is 9.50 Å². The van der Waals surface area contributed by atoms with E-state index in [0.29, 0.717) is 23.4 Å². The van der Waals surface area contributed by atoms with E-state index in [-0.39, 0.29) is 12.2 Å². The second-order valence-corrected chi connectivity index (χ2v) is 4.61. The normalized spacial score (nSPS) is 14.5. The third-order valence-electron chi connectivity index (χ3n) is 2.51. The summed E-state index contributed by atoms with van der Waals surface area (Å²) in [5.41, 5.74) is -0.585. The van der Waals surface area contributed by atoms with Gasteiger partial charge in [-0.2, -0.15) is 0 Å². The van der Waals surface area contributed by atoms with Gasteiger partial charge in [0.15, 0.2) is 0 Å². The van der Waals surface area contributed by atoms with Crippen molar-refractivity contribution in [3.8, 4) is 0 Å². The molecule has 0 saturated carbocycles. The molecule has 0 amide bonds. The van der Waals surface area contributed by atoms with E-state index in [2.05, 4.69) is 6.58 Å². The number of rotatable bonds is 5. The van der Waals surface area contributed by atoms with Crippen molar-refractivity contribution in [2.75, 3.05) is 0 Å². The van der Waals surface area contributed by atoms with Crippen LogP contribution in [0.3, 0.4) is 0 Å². The van der Waals surface area contributed by atoms with E-state index < -0.39 is 5.60 Å². The summed E-state index contributed by atoms with van der Waals surface area (Å²) in [5.74, 6) is -0.369. The monoisotopic (exact) mass is 242 g/mol. The molecule has 3 heteroatoms. The molecule has 0 heterocycles. The van der Waals surface area contributed by atoms with Gasteiger partial charge in [0, 0.05) is 17.0 Å². The van der Waals surface area contributed by atoms with Crippen LogP contribution < -0.4 is 0 Å². The van der Waals surface area contributed by atoms with Crippen molar-refractivity contribution in [3.05, 3.63) is 47.3 Å². The van der Waals surface area contributed by atoms with Gasteiger partial charge in [0.25, 0.3) is 0 Å². The number of allylic oxidation sites excluding steroid dienone is 1. The highest BCUT2D eigenvalue weighted by Gasteiger charge is 2.23. The first-order chi connectivity index (χ1) is 7.46. The molecule has 0 aliphatic carbocycles. The van der Waals surface area contributed by atoms with Gasteiger partial charge >= 0.3 is 0 Å². The predicted octanol–water partition coefficient (Wildman–Crippen LogP) is 3.74. The van der Waals surface area contributed by atoms with E-state index in [1.54, 1.807) is 25.1 Å². The maximum Gasteiger partial charge on any atom is 0.127 e. The zero-order valence-electron chi connectivity index (χ0n) is 9.34. The molecule has 1 unspecified atom stereocenters. The van der Waals surface area contributed by atoms with Crippen LogP contribution in [0.4, 0.5) is 4.39 Å². The van der Waals surface area contributed by atoms with Crippen LogP contribution in [0.5, 0.6) is 0 Å². The van der Waals surface area contributed by atoms with Gasteiger partial charge in [-0.05, 0) is 31.9 Å². The van der Waals surface area contributed by atoms with Crippen LogP contribution in [0.1, 0.15) is 25.3 Å². The lowest BCUT2D eigenvalue weighted by molar-refractivity contribution is 0.0515. The van der Waals surface area contributed by atoms with E-state index in [1.807, 2.05) is 0 Å². The predicted molar refractivity (Wildman–Crippen MR) is 65.2 cm³/mol. The van der Waals surface area contributed by atoms with E-state index >= 15 is 0 Å². The smallest absolute Gasteiger partial charge is 0.127 e. The first-order valence-corrected chi connectivity index (χ1v) is 5.60. The van der Waals surface area contributed by atoms with E-state index in [4.69, 9.17) is 11.6 Å². The van der Waals surface area contributed by atoms with Crippen LogP contribution in [0.15, 0.2) is 30.9 Å². The lowest BCUT2D eigenvalue weighted by Gasteiger charge is -2.23. The molecule has 88 valence electrons. The Hall–Kier alpha value is -0.860. The highest BCUT2D eigenvalue weighted by atomic mass is 35.5. The molecule has 0 fully saturated rings. The van der Waals surface area contributed by atoms with Gasteiger partial charge in [-0.15, -0.1) is 6.58 Å². The SMILES string of the molecule is C=CCCC(C)(O)Cc1c(F)cccc1Cl. The van der Waals surface area contributed by atoms with Crippen LogP contribution in [-0.2, 0) is 6.42 Å². The Morgan fingerprint density at radius 2 is 2.25 bits per heavy atom. The summed E-state index contributed by atoms with van der Waals surface area (Å²) in [6, 6.07) is 4.54. The average molecular weight is 243 g/mol. The van der Waals surface area contributed by atoms with Crippen LogP contribution in [0, 0.1) is 5.82 Å². The second kappa shape index (κ2) is 5.46. The topological polar surface area (TPSA) is 20.2 Å². The van der Waals surface area contributed by atoms with Crippen LogP contribution >= 0.6 is 11.6 Å². The molecule has 1 atom stereocenters. The Morgan fingerprint density at radius 3 is 2.81 bits per heavy atom. The van der Waals surface area contributed by atoms with Crippen molar-refractivity contribution in [1.29, 1.82) is 0 Å². The van der Waals surface area contributed by atoms with Gasteiger partial charge in [-0.25, -0.2) is 4.39 Å². The molecule has 0 radical (unpaired) electrons. The zero-order valence-corrected chi connectivity index (χ0v) is 10.1. The Labute approximate surface area is 101 Å². The summed E-state index contributed by atoms with van der Waals surface area (Å²) < 4.78 is 13.5. The second-order valence-electron chi connectivity index (χ2n) is 4.20. The molecular formula is C13H16ClFO. The number of hydrogen-bond donors (Lipinski definition) is 1. The van der Waals surface area contributed by atoms with Crippen molar-refractivity contribution in [2.24, 2.45) is 0 Å². The number of halogens is 2. The lowest BCUT2D eigenvalue weighted by atomic mass is 9.91. The Kier molecular flexibility index (Phi) is 4.51. The van der Waals surface area contributed by atoms with Crippen molar-refractivity contribution in [2.45, 2.75) is 31.8 Å².